The highest BCUT2D eigenvalue weighted by Crippen LogP contribution is 2.24. The molecular formula is C23H26N2O2S. The second-order valence-corrected chi connectivity index (χ2v) is 8.86. The van der Waals surface area contributed by atoms with Crippen LogP contribution in [-0.2, 0) is 10.0 Å². The fourth-order valence-corrected chi connectivity index (χ4v) is 4.06. The molecule has 0 fully saturated rings. The summed E-state index contributed by atoms with van der Waals surface area (Å²) in [5, 5.41) is 3.51. The molecule has 0 unspecified atom stereocenters. The molecule has 146 valence electrons. The summed E-state index contributed by atoms with van der Waals surface area (Å²) in [4.78, 5) is 0.275. The Morgan fingerprint density at radius 2 is 1.46 bits per heavy atom. The van der Waals surface area contributed by atoms with Gasteiger partial charge in [-0.1, -0.05) is 60.2 Å². The summed E-state index contributed by atoms with van der Waals surface area (Å²) >= 11 is 0. The van der Waals surface area contributed by atoms with Crippen molar-refractivity contribution < 1.29 is 8.42 Å². The minimum Gasteiger partial charge on any atom is -0.377 e. The van der Waals surface area contributed by atoms with Crippen LogP contribution in [0, 0.1) is 20.8 Å². The molecular weight excluding hydrogens is 368 g/mol. The Labute approximate surface area is 167 Å². The average molecular weight is 395 g/mol. The second kappa shape index (κ2) is 8.59. The van der Waals surface area contributed by atoms with Gasteiger partial charge in [0.2, 0.25) is 10.0 Å². The van der Waals surface area contributed by atoms with Crippen molar-refractivity contribution in [2.24, 2.45) is 0 Å². The average Bonchev–Trinajstić information content (AvgIpc) is 2.69. The van der Waals surface area contributed by atoms with E-state index in [1.54, 1.807) is 24.3 Å². The molecule has 2 N–H and O–H groups in total. The van der Waals surface area contributed by atoms with Gasteiger partial charge in [-0.25, -0.2) is 13.1 Å². The lowest BCUT2D eigenvalue weighted by molar-refractivity contribution is 0.576. The number of anilines is 1. The van der Waals surface area contributed by atoms with E-state index in [1.165, 1.54) is 0 Å². The third-order valence-electron chi connectivity index (χ3n) is 4.73. The monoisotopic (exact) mass is 394 g/mol. The van der Waals surface area contributed by atoms with E-state index in [2.05, 4.69) is 28.2 Å². The van der Waals surface area contributed by atoms with Crippen LogP contribution in [0.15, 0.2) is 77.7 Å². The van der Waals surface area contributed by atoms with Crippen molar-refractivity contribution in [3.63, 3.8) is 0 Å². The topological polar surface area (TPSA) is 58.2 Å². The molecule has 1 atom stereocenters. The second-order valence-electron chi connectivity index (χ2n) is 7.09. The molecule has 0 saturated heterocycles. The molecule has 0 radical (unpaired) electrons. The first kappa shape index (κ1) is 20.1. The Hall–Kier alpha value is -2.63. The van der Waals surface area contributed by atoms with Gasteiger partial charge in [0.05, 0.1) is 10.9 Å². The highest BCUT2D eigenvalue weighted by molar-refractivity contribution is 7.89. The van der Waals surface area contributed by atoms with Crippen LogP contribution in [0.4, 0.5) is 5.69 Å². The molecule has 0 heterocycles. The molecule has 0 aliphatic carbocycles. The Kier molecular flexibility index (Phi) is 6.17. The van der Waals surface area contributed by atoms with Crippen molar-refractivity contribution in [2.75, 3.05) is 11.9 Å². The number of aryl methyl sites for hydroxylation is 3. The Balaban J connectivity index is 1.83. The summed E-state index contributed by atoms with van der Waals surface area (Å²) in [6.45, 7) is 6.26. The fourth-order valence-electron chi connectivity index (χ4n) is 3.01. The third kappa shape index (κ3) is 5.00. The molecule has 0 spiro atoms. The standard InChI is InChI=1S/C23H26N2O2S/c1-17-10-13-21(14-11-17)28(26,27)24-16-23(20-7-5-4-6-8-20)25-22-15-18(2)9-12-19(22)3/h4-15,23-25H,16H2,1-3H3/t23-/m0/s1. The van der Waals surface area contributed by atoms with E-state index >= 15 is 0 Å². The smallest absolute Gasteiger partial charge is 0.240 e. The van der Waals surface area contributed by atoms with Gasteiger partial charge in [0.25, 0.3) is 0 Å². The van der Waals surface area contributed by atoms with E-state index in [0.717, 1.165) is 27.9 Å². The maximum Gasteiger partial charge on any atom is 0.240 e. The molecule has 3 aromatic rings. The van der Waals surface area contributed by atoms with Crippen molar-refractivity contribution in [1.29, 1.82) is 0 Å². The largest absolute Gasteiger partial charge is 0.377 e. The van der Waals surface area contributed by atoms with Crippen LogP contribution in [-0.4, -0.2) is 15.0 Å². The number of hydrogen-bond acceptors (Lipinski definition) is 3. The maximum absolute atomic E-state index is 12.7. The summed E-state index contributed by atoms with van der Waals surface area (Å²) in [7, 11) is -3.58. The third-order valence-corrected chi connectivity index (χ3v) is 6.17. The zero-order valence-electron chi connectivity index (χ0n) is 16.4. The summed E-state index contributed by atoms with van der Waals surface area (Å²) in [6, 6.07) is 22.8. The van der Waals surface area contributed by atoms with Crippen LogP contribution >= 0.6 is 0 Å². The van der Waals surface area contributed by atoms with E-state index < -0.39 is 10.0 Å². The van der Waals surface area contributed by atoms with Crippen LogP contribution in [0.2, 0.25) is 0 Å². The number of benzene rings is 3. The normalized spacial score (nSPS) is 12.5. The van der Waals surface area contributed by atoms with E-state index in [4.69, 9.17) is 0 Å². The first-order valence-corrected chi connectivity index (χ1v) is 10.8. The minimum absolute atomic E-state index is 0.193. The van der Waals surface area contributed by atoms with Gasteiger partial charge in [0.1, 0.15) is 0 Å². The minimum atomic E-state index is -3.58. The molecule has 28 heavy (non-hydrogen) atoms. The summed E-state index contributed by atoms with van der Waals surface area (Å²) < 4.78 is 28.2. The number of hydrogen-bond donors (Lipinski definition) is 2. The molecule has 0 aromatic heterocycles. The first-order valence-electron chi connectivity index (χ1n) is 9.30. The number of nitrogens with one attached hydrogen (secondary N) is 2. The molecule has 0 aliphatic rings. The summed E-state index contributed by atoms with van der Waals surface area (Å²) in [5.41, 5.74) is 5.32. The lowest BCUT2D eigenvalue weighted by atomic mass is 10.0. The van der Waals surface area contributed by atoms with Gasteiger partial charge in [0, 0.05) is 12.2 Å². The van der Waals surface area contributed by atoms with Crippen molar-refractivity contribution in [2.45, 2.75) is 31.7 Å². The molecule has 0 saturated carbocycles. The molecule has 4 nitrogen and oxygen atoms in total. The maximum atomic E-state index is 12.7. The lowest BCUT2D eigenvalue weighted by Crippen LogP contribution is -2.31. The predicted octanol–water partition coefficient (Wildman–Crippen LogP) is 4.74. The van der Waals surface area contributed by atoms with Crippen molar-refractivity contribution >= 4 is 15.7 Å². The zero-order valence-corrected chi connectivity index (χ0v) is 17.3. The first-order chi connectivity index (χ1) is 13.3. The highest BCUT2D eigenvalue weighted by Gasteiger charge is 2.18. The van der Waals surface area contributed by atoms with Gasteiger partial charge in [-0.3, -0.25) is 0 Å². The van der Waals surface area contributed by atoms with E-state index in [-0.39, 0.29) is 17.5 Å². The Morgan fingerprint density at radius 3 is 2.14 bits per heavy atom. The van der Waals surface area contributed by atoms with E-state index in [1.807, 2.05) is 51.1 Å². The van der Waals surface area contributed by atoms with Crippen LogP contribution < -0.4 is 10.0 Å². The Bertz CT molecular complexity index is 1030. The molecule has 5 heteroatoms. The highest BCUT2D eigenvalue weighted by atomic mass is 32.2. The number of sulfonamides is 1. The lowest BCUT2D eigenvalue weighted by Gasteiger charge is -2.22. The van der Waals surface area contributed by atoms with Gasteiger partial charge >= 0.3 is 0 Å². The van der Waals surface area contributed by atoms with Crippen molar-refractivity contribution in [3.8, 4) is 0 Å². The summed E-state index contributed by atoms with van der Waals surface area (Å²) in [5.74, 6) is 0. The van der Waals surface area contributed by atoms with E-state index in [9.17, 15) is 8.42 Å². The summed E-state index contributed by atoms with van der Waals surface area (Å²) in [6.07, 6.45) is 0. The molecule has 0 amide bonds. The molecule has 3 aromatic carbocycles. The van der Waals surface area contributed by atoms with Gasteiger partial charge < -0.3 is 5.32 Å². The van der Waals surface area contributed by atoms with Crippen LogP contribution in [0.1, 0.15) is 28.3 Å². The van der Waals surface area contributed by atoms with Gasteiger partial charge in [0.15, 0.2) is 0 Å². The quantitative estimate of drug-likeness (QED) is 0.608. The van der Waals surface area contributed by atoms with Gasteiger partial charge in [-0.15, -0.1) is 0 Å². The van der Waals surface area contributed by atoms with Crippen molar-refractivity contribution in [1.82, 2.24) is 4.72 Å². The van der Waals surface area contributed by atoms with Crippen LogP contribution in [0.3, 0.4) is 0 Å². The van der Waals surface area contributed by atoms with Gasteiger partial charge in [-0.05, 0) is 55.7 Å². The Morgan fingerprint density at radius 1 is 0.821 bits per heavy atom. The molecule has 0 aliphatic heterocycles. The van der Waals surface area contributed by atoms with Crippen LogP contribution in [0.5, 0.6) is 0 Å². The number of rotatable bonds is 7. The van der Waals surface area contributed by atoms with Crippen LogP contribution in [0.25, 0.3) is 0 Å². The van der Waals surface area contributed by atoms with E-state index in [0.29, 0.717) is 0 Å². The SMILES string of the molecule is Cc1ccc(S(=O)(=O)NC[C@H](Nc2cc(C)ccc2C)c2ccccc2)cc1. The predicted molar refractivity (Wildman–Crippen MR) is 115 cm³/mol. The van der Waals surface area contributed by atoms with Crippen molar-refractivity contribution in [3.05, 3.63) is 95.1 Å². The van der Waals surface area contributed by atoms with Gasteiger partial charge in [-0.2, -0.15) is 0 Å². The molecule has 0 bridgehead atoms. The fraction of sp³-hybridized carbons (Fsp3) is 0.217. The molecule has 3 rings (SSSR count). The zero-order chi connectivity index (χ0) is 20.1.